The molecule has 1 aliphatic rings. The standard InChI is InChI=1S/C14H21BrN2/c1-10-5-6-17(8-11(10)2)9-12-7-13(16)3-4-14(12)15/h3-4,7,10-11H,5-6,8-9,16H2,1-2H3. The number of nitrogens with zero attached hydrogens (tertiary/aromatic N) is 1. The van der Waals surface area contributed by atoms with Crippen molar-refractivity contribution >= 4 is 21.6 Å². The molecule has 2 atom stereocenters. The number of benzene rings is 1. The molecule has 2 unspecified atom stereocenters. The molecule has 0 aliphatic carbocycles. The fourth-order valence-electron chi connectivity index (χ4n) is 2.45. The fourth-order valence-corrected chi connectivity index (χ4v) is 2.82. The van der Waals surface area contributed by atoms with Gasteiger partial charge < -0.3 is 5.73 Å². The summed E-state index contributed by atoms with van der Waals surface area (Å²) in [4.78, 5) is 2.53. The van der Waals surface area contributed by atoms with Gasteiger partial charge in [-0.2, -0.15) is 0 Å². The lowest BCUT2D eigenvalue weighted by atomic mass is 9.88. The van der Waals surface area contributed by atoms with Gasteiger partial charge in [0.15, 0.2) is 0 Å². The van der Waals surface area contributed by atoms with Crippen molar-refractivity contribution in [2.45, 2.75) is 26.8 Å². The lowest BCUT2D eigenvalue weighted by molar-refractivity contribution is 0.132. The number of nitrogen functional groups attached to an aromatic ring is 1. The molecule has 3 heteroatoms. The Kier molecular flexibility index (Phi) is 4.10. The average Bonchev–Trinajstić information content (AvgIpc) is 2.29. The van der Waals surface area contributed by atoms with Crippen LogP contribution < -0.4 is 5.73 Å². The van der Waals surface area contributed by atoms with Gasteiger partial charge in [0.1, 0.15) is 0 Å². The number of hydrogen-bond acceptors (Lipinski definition) is 2. The van der Waals surface area contributed by atoms with E-state index in [9.17, 15) is 0 Å². The molecule has 0 saturated carbocycles. The second kappa shape index (κ2) is 5.40. The molecular weight excluding hydrogens is 276 g/mol. The number of rotatable bonds is 2. The third-order valence-electron chi connectivity index (χ3n) is 3.88. The monoisotopic (exact) mass is 296 g/mol. The molecule has 1 saturated heterocycles. The minimum absolute atomic E-state index is 0.795. The lowest BCUT2D eigenvalue weighted by Crippen LogP contribution is -2.37. The van der Waals surface area contributed by atoms with Gasteiger partial charge in [-0.1, -0.05) is 29.8 Å². The van der Waals surface area contributed by atoms with E-state index < -0.39 is 0 Å². The predicted octanol–water partition coefficient (Wildman–Crippen LogP) is 3.51. The largest absolute Gasteiger partial charge is 0.399 e. The van der Waals surface area contributed by atoms with Crippen molar-refractivity contribution in [3.05, 3.63) is 28.2 Å². The summed E-state index contributed by atoms with van der Waals surface area (Å²) >= 11 is 3.60. The Morgan fingerprint density at radius 1 is 1.35 bits per heavy atom. The zero-order chi connectivity index (χ0) is 12.4. The van der Waals surface area contributed by atoms with Crippen LogP contribution in [0.4, 0.5) is 5.69 Å². The first-order chi connectivity index (χ1) is 8.06. The van der Waals surface area contributed by atoms with E-state index >= 15 is 0 Å². The highest BCUT2D eigenvalue weighted by Gasteiger charge is 2.22. The van der Waals surface area contributed by atoms with Crippen molar-refractivity contribution in [3.8, 4) is 0 Å². The zero-order valence-electron chi connectivity index (χ0n) is 10.6. The van der Waals surface area contributed by atoms with Crippen molar-refractivity contribution < 1.29 is 0 Å². The summed E-state index contributed by atoms with van der Waals surface area (Å²) in [5.41, 5.74) is 7.99. The maximum Gasteiger partial charge on any atom is 0.0318 e. The lowest BCUT2D eigenvalue weighted by Gasteiger charge is -2.35. The molecule has 94 valence electrons. The predicted molar refractivity (Wildman–Crippen MR) is 76.8 cm³/mol. The quantitative estimate of drug-likeness (QED) is 0.846. The molecule has 17 heavy (non-hydrogen) atoms. The Hall–Kier alpha value is -0.540. The summed E-state index contributed by atoms with van der Waals surface area (Å²) < 4.78 is 1.16. The van der Waals surface area contributed by atoms with E-state index in [4.69, 9.17) is 5.73 Å². The number of likely N-dealkylation sites (tertiary alicyclic amines) is 1. The maximum absolute atomic E-state index is 5.84. The van der Waals surface area contributed by atoms with Gasteiger partial charge in [0.25, 0.3) is 0 Å². The third-order valence-corrected chi connectivity index (χ3v) is 4.66. The minimum atomic E-state index is 0.795. The number of nitrogens with two attached hydrogens (primary N) is 1. The maximum atomic E-state index is 5.84. The molecule has 0 spiro atoms. The first-order valence-electron chi connectivity index (χ1n) is 6.32. The van der Waals surface area contributed by atoms with Gasteiger partial charge in [0.2, 0.25) is 0 Å². The van der Waals surface area contributed by atoms with E-state index in [2.05, 4.69) is 40.7 Å². The van der Waals surface area contributed by atoms with Crippen molar-refractivity contribution in [1.82, 2.24) is 4.90 Å². The van der Waals surface area contributed by atoms with Gasteiger partial charge in [-0.3, -0.25) is 4.90 Å². The van der Waals surface area contributed by atoms with Gasteiger partial charge in [-0.15, -0.1) is 0 Å². The molecule has 2 rings (SSSR count). The minimum Gasteiger partial charge on any atom is -0.399 e. The van der Waals surface area contributed by atoms with Crippen LogP contribution in [0.1, 0.15) is 25.8 Å². The summed E-state index contributed by atoms with van der Waals surface area (Å²) in [5, 5.41) is 0. The molecule has 0 amide bonds. The summed E-state index contributed by atoms with van der Waals surface area (Å²) in [6.07, 6.45) is 1.31. The number of halogens is 1. The summed E-state index contributed by atoms with van der Waals surface area (Å²) in [6, 6.07) is 6.06. The highest BCUT2D eigenvalue weighted by Crippen LogP contribution is 2.26. The van der Waals surface area contributed by atoms with Crippen LogP contribution in [0.15, 0.2) is 22.7 Å². The molecule has 0 aromatic heterocycles. The normalized spacial score (nSPS) is 26.1. The van der Waals surface area contributed by atoms with E-state index in [1.807, 2.05) is 12.1 Å². The second-order valence-electron chi connectivity index (χ2n) is 5.33. The van der Waals surface area contributed by atoms with Crippen LogP contribution in [0.5, 0.6) is 0 Å². The third kappa shape index (κ3) is 3.23. The van der Waals surface area contributed by atoms with Crippen molar-refractivity contribution in [2.24, 2.45) is 11.8 Å². The summed E-state index contributed by atoms with van der Waals surface area (Å²) in [5.74, 6) is 1.65. The molecule has 0 bridgehead atoms. The highest BCUT2D eigenvalue weighted by atomic mass is 79.9. The molecule has 1 heterocycles. The van der Waals surface area contributed by atoms with Gasteiger partial charge in [-0.25, -0.2) is 0 Å². The molecule has 2 nitrogen and oxygen atoms in total. The molecule has 2 N–H and O–H groups in total. The Balaban J connectivity index is 2.03. The zero-order valence-corrected chi connectivity index (χ0v) is 12.2. The van der Waals surface area contributed by atoms with Crippen LogP contribution in [0.3, 0.4) is 0 Å². The number of anilines is 1. The van der Waals surface area contributed by atoms with E-state index in [1.165, 1.54) is 25.1 Å². The molecule has 1 aromatic carbocycles. The van der Waals surface area contributed by atoms with Gasteiger partial charge >= 0.3 is 0 Å². The van der Waals surface area contributed by atoms with E-state index in [1.54, 1.807) is 0 Å². The topological polar surface area (TPSA) is 29.3 Å². The van der Waals surface area contributed by atoms with Crippen LogP contribution in [0, 0.1) is 11.8 Å². The Bertz CT molecular complexity index is 392. The molecule has 1 aromatic rings. The smallest absolute Gasteiger partial charge is 0.0318 e. The van der Waals surface area contributed by atoms with Crippen LogP contribution in [0.2, 0.25) is 0 Å². The Morgan fingerprint density at radius 2 is 2.12 bits per heavy atom. The van der Waals surface area contributed by atoms with Crippen molar-refractivity contribution in [2.75, 3.05) is 18.8 Å². The average molecular weight is 297 g/mol. The van der Waals surface area contributed by atoms with Gasteiger partial charge in [0, 0.05) is 23.2 Å². The second-order valence-corrected chi connectivity index (χ2v) is 6.18. The summed E-state index contributed by atoms with van der Waals surface area (Å²) in [6.45, 7) is 8.11. The number of hydrogen-bond donors (Lipinski definition) is 1. The van der Waals surface area contributed by atoms with Crippen LogP contribution in [0.25, 0.3) is 0 Å². The van der Waals surface area contributed by atoms with Crippen LogP contribution >= 0.6 is 15.9 Å². The first kappa shape index (κ1) is 12.9. The van der Waals surface area contributed by atoms with Crippen LogP contribution in [-0.4, -0.2) is 18.0 Å². The molecule has 1 fully saturated rings. The number of piperidine rings is 1. The fraction of sp³-hybridized carbons (Fsp3) is 0.571. The van der Waals surface area contributed by atoms with Gasteiger partial charge in [-0.05, 0) is 48.6 Å². The molecule has 1 aliphatic heterocycles. The van der Waals surface area contributed by atoms with E-state index in [0.29, 0.717) is 0 Å². The highest BCUT2D eigenvalue weighted by molar-refractivity contribution is 9.10. The SMILES string of the molecule is CC1CCN(Cc2cc(N)ccc2Br)CC1C. The Labute approximate surface area is 112 Å². The van der Waals surface area contributed by atoms with Crippen molar-refractivity contribution in [1.29, 1.82) is 0 Å². The van der Waals surface area contributed by atoms with E-state index in [-0.39, 0.29) is 0 Å². The van der Waals surface area contributed by atoms with Crippen LogP contribution in [-0.2, 0) is 6.54 Å². The Morgan fingerprint density at radius 3 is 2.82 bits per heavy atom. The molecular formula is C14H21BrN2. The summed E-state index contributed by atoms with van der Waals surface area (Å²) in [7, 11) is 0. The first-order valence-corrected chi connectivity index (χ1v) is 7.12. The van der Waals surface area contributed by atoms with Gasteiger partial charge in [0.05, 0.1) is 0 Å². The molecule has 0 radical (unpaired) electrons. The van der Waals surface area contributed by atoms with Crippen molar-refractivity contribution in [3.63, 3.8) is 0 Å². The van der Waals surface area contributed by atoms with E-state index in [0.717, 1.165) is 28.5 Å².